The Morgan fingerprint density at radius 3 is 2.57 bits per heavy atom. The molecule has 0 saturated carbocycles. The van der Waals surface area contributed by atoms with Crippen LogP contribution in [0.4, 0.5) is 4.39 Å². The van der Waals surface area contributed by atoms with E-state index in [2.05, 4.69) is 5.32 Å². The van der Waals surface area contributed by atoms with E-state index in [0.29, 0.717) is 52.7 Å². The second-order valence-corrected chi connectivity index (χ2v) is 9.54. The fraction of sp³-hybridized carbons (Fsp3) is 0.310. The molecule has 0 bridgehead atoms. The molecule has 1 atom stereocenters. The summed E-state index contributed by atoms with van der Waals surface area (Å²) in [6.07, 6.45) is 2.88. The maximum atomic E-state index is 14.8. The lowest BCUT2D eigenvalue weighted by atomic mass is 9.95. The van der Waals surface area contributed by atoms with Crippen LogP contribution in [0, 0.1) is 12.7 Å². The lowest BCUT2D eigenvalue weighted by molar-refractivity contribution is 0.0930. The van der Waals surface area contributed by atoms with Crippen LogP contribution >= 0.6 is 11.8 Å². The molecule has 8 heteroatoms. The summed E-state index contributed by atoms with van der Waals surface area (Å²) in [7, 11) is 3.11. The first kappa shape index (κ1) is 26.5. The zero-order valence-electron chi connectivity index (χ0n) is 21.6. The Kier molecular flexibility index (Phi) is 8.07. The third kappa shape index (κ3) is 5.03. The molecule has 1 unspecified atom stereocenters. The van der Waals surface area contributed by atoms with E-state index < -0.39 is 17.8 Å². The topological polar surface area (TPSA) is 73.9 Å². The van der Waals surface area contributed by atoms with Crippen molar-refractivity contribution in [3.8, 4) is 28.4 Å². The van der Waals surface area contributed by atoms with Crippen molar-refractivity contribution in [1.29, 1.82) is 0 Å². The van der Waals surface area contributed by atoms with Crippen LogP contribution in [0.1, 0.15) is 46.4 Å². The van der Waals surface area contributed by atoms with Crippen molar-refractivity contribution < 1.29 is 23.4 Å². The summed E-state index contributed by atoms with van der Waals surface area (Å²) in [5.41, 5.74) is 3.28. The Morgan fingerprint density at radius 1 is 1.14 bits per heavy atom. The van der Waals surface area contributed by atoms with E-state index in [4.69, 9.17) is 14.2 Å². The van der Waals surface area contributed by atoms with Gasteiger partial charge in [0.05, 0.1) is 37.3 Å². The van der Waals surface area contributed by atoms with E-state index >= 15 is 0 Å². The molecule has 0 aliphatic heterocycles. The number of fused-ring (bicyclic) bond motifs is 3. The number of rotatable bonds is 7. The smallest absolute Gasteiger partial charge is 0.254 e. The van der Waals surface area contributed by atoms with Gasteiger partial charge in [-0.2, -0.15) is 0 Å². The van der Waals surface area contributed by atoms with E-state index in [1.54, 1.807) is 45.4 Å². The highest BCUT2D eigenvalue weighted by Gasteiger charge is 2.30. The predicted octanol–water partition coefficient (Wildman–Crippen LogP) is 5.72. The lowest BCUT2D eigenvalue weighted by Gasteiger charge is -2.20. The summed E-state index contributed by atoms with van der Waals surface area (Å²) >= 11 is 1.35. The van der Waals surface area contributed by atoms with Gasteiger partial charge in [-0.05, 0) is 79.5 Å². The molecule has 1 aliphatic rings. The monoisotopic (exact) mass is 523 g/mol. The molecule has 194 valence electrons. The van der Waals surface area contributed by atoms with Crippen LogP contribution in [0.15, 0.2) is 52.2 Å². The lowest BCUT2D eigenvalue weighted by Crippen LogP contribution is -2.30. The second kappa shape index (κ2) is 11.3. The van der Waals surface area contributed by atoms with Gasteiger partial charge in [-0.25, -0.2) is 4.39 Å². The van der Waals surface area contributed by atoms with Crippen molar-refractivity contribution in [2.24, 2.45) is 0 Å². The van der Waals surface area contributed by atoms with Crippen LogP contribution in [0.3, 0.4) is 0 Å². The zero-order chi connectivity index (χ0) is 26.7. The SMILES string of the molecule is CCOc1cc2c(c(OC)c1OC)-c1ccc(SC)c(=O)cc1C(NC(=O)c1cccc(C)c1F)CC2. The summed E-state index contributed by atoms with van der Waals surface area (Å²) in [5, 5.41) is 2.99. The molecule has 3 aromatic rings. The molecule has 0 spiro atoms. The largest absolute Gasteiger partial charge is 0.492 e. The first-order valence-corrected chi connectivity index (χ1v) is 13.3. The van der Waals surface area contributed by atoms with Crippen LogP contribution in [-0.4, -0.2) is 33.0 Å². The highest BCUT2D eigenvalue weighted by molar-refractivity contribution is 7.98. The average molecular weight is 524 g/mol. The predicted molar refractivity (Wildman–Crippen MR) is 144 cm³/mol. The van der Waals surface area contributed by atoms with Gasteiger partial charge in [0.1, 0.15) is 5.82 Å². The zero-order valence-corrected chi connectivity index (χ0v) is 22.4. The third-order valence-electron chi connectivity index (χ3n) is 6.54. The number of hydrogen-bond donors (Lipinski definition) is 1. The fourth-order valence-corrected chi connectivity index (χ4v) is 5.25. The average Bonchev–Trinajstić information content (AvgIpc) is 3.13. The van der Waals surface area contributed by atoms with E-state index in [0.717, 1.165) is 16.7 Å². The standard InChI is InChI=1S/C29H30FNO5S/c1-6-36-23-14-17-10-12-21(31-29(33)19-9-7-8-16(2)26(19)30)20-15-22(32)24(37-5)13-11-18(20)25(17)28(35-4)27(23)34-3/h7-9,11,13-15,21H,6,10,12H2,1-5H3,(H,31,33). The van der Waals surface area contributed by atoms with Gasteiger partial charge in [0.2, 0.25) is 5.75 Å². The number of benzene rings is 2. The number of methoxy groups -OCH3 is 2. The summed E-state index contributed by atoms with van der Waals surface area (Å²) in [4.78, 5) is 26.9. The minimum atomic E-state index is -0.558. The molecule has 6 nitrogen and oxygen atoms in total. The molecule has 0 heterocycles. The fourth-order valence-electron chi connectivity index (χ4n) is 4.79. The Labute approximate surface area is 220 Å². The summed E-state index contributed by atoms with van der Waals surface area (Å²) in [6.45, 7) is 3.96. The van der Waals surface area contributed by atoms with Gasteiger partial charge in [0.15, 0.2) is 16.9 Å². The highest BCUT2D eigenvalue weighted by Crippen LogP contribution is 2.50. The summed E-state index contributed by atoms with van der Waals surface area (Å²) in [6, 6.07) is 11.3. The Morgan fingerprint density at radius 2 is 1.89 bits per heavy atom. The Bertz CT molecular complexity index is 1410. The van der Waals surface area contributed by atoms with E-state index in [1.165, 1.54) is 17.8 Å². The van der Waals surface area contributed by atoms with Crippen LogP contribution in [-0.2, 0) is 6.42 Å². The van der Waals surface area contributed by atoms with Crippen molar-refractivity contribution >= 4 is 17.7 Å². The molecule has 0 aromatic heterocycles. The molecule has 1 N–H and O–H groups in total. The number of amides is 1. The van der Waals surface area contributed by atoms with Crippen molar-refractivity contribution in [1.82, 2.24) is 5.32 Å². The number of carbonyl (C=O) groups is 1. The molecular formula is C29H30FNO5S. The second-order valence-electron chi connectivity index (χ2n) is 8.69. The summed E-state index contributed by atoms with van der Waals surface area (Å²) in [5.74, 6) is 0.411. The van der Waals surface area contributed by atoms with E-state index in [-0.39, 0.29) is 11.0 Å². The molecule has 0 saturated heterocycles. The summed E-state index contributed by atoms with van der Waals surface area (Å²) < 4.78 is 32.1. The van der Waals surface area contributed by atoms with Gasteiger partial charge >= 0.3 is 0 Å². The van der Waals surface area contributed by atoms with Crippen molar-refractivity contribution in [2.45, 2.75) is 37.6 Å². The highest BCUT2D eigenvalue weighted by atomic mass is 32.2. The van der Waals surface area contributed by atoms with Crippen molar-refractivity contribution in [3.63, 3.8) is 0 Å². The third-order valence-corrected chi connectivity index (χ3v) is 7.32. The number of nitrogens with one attached hydrogen (secondary N) is 1. The quantitative estimate of drug-likeness (QED) is 0.400. The van der Waals surface area contributed by atoms with Crippen LogP contribution in [0.5, 0.6) is 17.2 Å². The van der Waals surface area contributed by atoms with Crippen LogP contribution in [0.25, 0.3) is 11.1 Å². The molecule has 1 amide bonds. The molecule has 0 fully saturated rings. The first-order valence-electron chi connectivity index (χ1n) is 12.0. The number of hydrogen-bond acceptors (Lipinski definition) is 6. The van der Waals surface area contributed by atoms with Gasteiger partial charge in [-0.1, -0.05) is 18.2 Å². The number of aryl methyl sites for hydroxylation is 2. The van der Waals surface area contributed by atoms with E-state index in [9.17, 15) is 14.0 Å². The van der Waals surface area contributed by atoms with Crippen LogP contribution in [0.2, 0.25) is 0 Å². The number of thioether (sulfide) groups is 1. The van der Waals surface area contributed by atoms with Gasteiger partial charge in [0, 0.05) is 5.56 Å². The van der Waals surface area contributed by atoms with Gasteiger partial charge in [-0.15, -0.1) is 11.8 Å². The van der Waals surface area contributed by atoms with Crippen molar-refractivity contribution in [3.05, 3.63) is 80.8 Å². The van der Waals surface area contributed by atoms with Crippen molar-refractivity contribution in [2.75, 3.05) is 27.1 Å². The molecule has 4 rings (SSSR count). The maximum absolute atomic E-state index is 14.8. The van der Waals surface area contributed by atoms with Gasteiger partial charge < -0.3 is 19.5 Å². The molecular weight excluding hydrogens is 493 g/mol. The minimum absolute atomic E-state index is 0.0337. The van der Waals surface area contributed by atoms with Crippen LogP contribution < -0.4 is 25.0 Å². The van der Waals surface area contributed by atoms with Gasteiger partial charge in [0.25, 0.3) is 5.91 Å². The number of ether oxygens (including phenoxy) is 3. The van der Waals surface area contributed by atoms with Gasteiger partial charge in [-0.3, -0.25) is 9.59 Å². The Balaban J connectivity index is 1.94. The van der Waals surface area contributed by atoms with E-state index in [1.807, 2.05) is 25.3 Å². The Hall–Kier alpha value is -3.52. The normalized spacial score (nSPS) is 14.2. The number of carbonyl (C=O) groups excluding carboxylic acids is 1. The molecule has 3 aromatic carbocycles. The maximum Gasteiger partial charge on any atom is 0.254 e. The molecule has 37 heavy (non-hydrogen) atoms. The number of halogens is 1. The minimum Gasteiger partial charge on any atom is -0.492 e. The molecule has 0 radical (unpaired) electrons. The first-order chi connectivity index (χ1) is 17.8. The molecule has 1 aliphatic carbocycles.